The molecule has 3 N–H and O–H groups in total. The third-order valence-electron chi connectivity index (χ3n) is 5.77. The van der Waals surface area contributed by atoms with Crippen LogP contribution in [0.3, 0.4) is 0 Å². The molecule has 0 spiro atoms. The highest BCUT2D eigenvalue weighted by molar-refractivity contribution is 5.97. The third-order valence-corrected chi connectivity index (χ3v) is 5.77. The van der Waals surface area contributed by atoms with Crippen LogP contribution in [0.25, 0.3) is 6.08 Å². The summed E-state index contributed by atoms with van der Waals surface area (Å²) < 4.78 is 0. The van der Waals surface area contributed by atoms with Crippen molar-refractivity contribution in [3.8, 4) is 0 Å². The molecule has 23 heavy (non-hydrogen) atoms. The summed E-state index contributed by atoms with van der Waals surface area (Å²) in [7, 11) is 1.78. The summed E-state index contributed by atoms with van der Waals surface area (Å²) in [5, 5.41) is 3.36. The second-order valence-corrected chi connectivity index (χ2v) is 6.91. The molecular weight excluding hydrogens is 290 g/mol. The Labute approximate surface area is 136 Å². The number of anilines is 1. The number of carbonyl (C=O) groups excluding carboxylic acids is 2. The third kappa shape index (κ3) is 2.06. The largest absolute Gasteiger partial charge is 0.381 e. The Hall–Kier alpha value is -2.30. The van der Waals surface area contributed by atoms with Gasteiger partial charge in [0, 0.05) is 25.8 Å². The molecule has 2 aliphatic rings. The minimum Gasteiger partial charge on any atom is -0.381 e. The van der Waals surface area contributed by atoms with Crippen molar-refractivity contribution >= 4 is 23.6 Å². The minimum absolute atomic E-state index is 0.0440. The molecule has 122 valence electrons. The van der Waals surface area contributed by atoms with Gasteiger partial charge < -0.3 is 16.0 Å². The van der Waals surface area contributed by atoms with Gasteiger partial charge in [-0.1, -0.05) is 24.3 Å². The highest BCUT2D eigenvalue weighted by atomic mass is 16.2. The van der Waals surface area contributed by atoms with Crippen molar-refractivity contribution in [2.75, 3.05) is 25.5 Å². The summed E-state index contributed by atoms with van der Waals surface area (Å²) in [5.74, 6) is -0.460. The van der Waals surface area contributed by atoms with Crippen molar-refractivity contribution in [2.24, 2.45) is 16.6 Å². The van der Waals surface area contributed by atoms with Gasteiger partial charge in [-0.05, 0) is 37.5 Å². The van der Waals surface area contributed by atoms with Crippen molar-refractivity contribution < 1.29 is 9.59 Å². The molecule has 3 rings (SSSR count). The fraction of sp³-hybridized carbons (Fsp3) is 0.444. The number of nitrogens with zero attached hydrogens (tertiary/aromatic N) is 1. The molecule has 0 saturated carbocycles. The van der Waals surface area contributed by atoms with Crippen LogP contribution in [0.15, 0.2) is 29.8 Å². The predicted molar refractivity (Wildman–Crippen MR) is 90.6 cm³/mol. The van der Waals surface area contributed by atoms with Gasteiger partial charge in [0.25, 0.3) is 0 Å². The van der Waals surface area contributed by atoms with Gasteiger partial charge in [0.2, 0.25) is 11.8 Å². The van der Waals surface area contributed by atoms with E-state index in [1.54, 1.807) is 11.9 Å². The second kappa shape index (κ2) is 5.11. The van der Waals surface area contributed by atoms with E-state index in [-0.39, 0.29) is 5.91 Å². The Morgan fingerprint density at radius 1 is 1.30 bits per heavy atom. The first-order valence-corrected chi connectivity index (χ1v) is 7.90. The number of fused-ring (bicyclic) bond motifs is 1. The summed E-state index contributed by atoms with van der Waals surface area (Å²) in [5.41, 5.74) is 6.88. The molecule has 0 bridgehead atoms. The first kappa shape index (κ1) is 15.6. The topological polar surface area (TPSA) is 75.4 Å². The zero-order chi connectivity index (χ0) is 16.8. The number of para-hydroxylation sites is 1. The Morgan fingerprint density at radius 3 is 2.70 bits per heavy atom. The molecule has 2 aliphatic heterocycles. The van der Waals surface area contributed by atoms with Crippen LogP contribution in [0, 0.1) is 10.8 Å². The number of hydrogen-bond donors (Lipinski definition) is 2. The van der Waals surface area contributed by atoms with Crippen LogP contribution >= 0.6 is 0 Å². The summed E-state index contributed by atoms with van der Waals surface area (Å²) in [6.45, 7) is 4.76. The van der Waals surface area contributed by atoms with E-state index in [1.165, 1.54) is 0 Å². The number of likely N-dealkylation sites (tertiary alicyclic amines) is 1. The van der Waals surface area contributed by atoms with E-state index in [9.17, 15) is 9.59 Å². The molecule has 1 fully saturated rings. The van der Waals surface area contributed by atoms with Gasteiger partial charge in [0.1, 0.15) is 0 Å². The Bertz CT molecular complexity index is 712. The first-order valence-electron chi connectivity index (χ1n) is 7.90. The number of hydrogen-bond acceptors (Lipinski definition) is 3. The molecule has 0 radical (unpaired) electrons. The molecule has 2 atom stereocenters. The first-order chi connectivity index (χ1) is 10.8. The lowest BCUT2D eigenvalue weighted by molar-refractivity contribution is -0.158. The van der Waals surface area contributed by atoms with E-state index in [4.69, 9.17) is 5.73 Å². The van der Waals surface area contributed by atoms with Gasteiger partial charge in [0.05, 0.1) is 10.8 Å². The monoisotopic (exact) mass is 313 g/mol. The standard InChI is InChI=1S/C18H23N3O2/c1-17(15(19)22)8-9-21(3)16(23)18(17,2)13-10-12-6-4-5-7-14(12)20-11-13/h4-7,10,20H,8-9,11H2,1-3H3,(H2,19,22). The summed E-state index contributed by atoms with van der Waals surface area (Å²) in [4.78, 5) is 27.0. The maximum Gasteiger partial charge on any atom is 0.233 e. The summed E-state index contributed by atoms with van der Waals surface area (Å²) in [6.07, 6.45) is 2.60. The van der Waals surface area contributed by atoms with Crippen molar-refractivity contribution in [2.45, 2.75) is 20.3 Å². The molecule has 1 aromatic rings. The molecule has 1 saturated heterocycles. The van der Waals surface area contributed by atoms with Crippen LogP contribution < -0.4 is 11.1 Å². The SMILES string of the molecule is CN1CCC(C)(C(N)=O)C(C)(C2=Cc3ccccc3NC2)C1=O. The van der Waals surface area contributed by atoms with E-state index in [1.807, 2.05) is 44.2 Å². The maximum absolute atomic E-state index is 13.0. The lowest BCUT2D eigenvalue weighted by Gasteiger charge is -2.51. The minimum atomic E-state index is -0.938. The van der Waals surface area contributed by atoms with Crippen LogP contribution in [0.2, 0.25) is 0 Å². The number of piperidine rings is 1. The van der Waals surface area contributed by atoms with Gasteiger partial charge >= 0.3 is 0 Å². The number of carbonyl (C=O) groups is 2. The van der Waals surface area contributed by atoms with Gasteiger partial charge in [-0.3, -0.25) is 9.59 Å². The predicted octanol–water partition coefficient (Wildman–Crippen LogP) is 1.86. The van der Waals surface area contributed by atoms with Gasteiger partial charge in [-0.25, -0.2) is 0 Å². The highest BCUT2D eigenvalue weighted by Gasteiger charge is 2.59. The molecule has 0 aromatic heterocycles. The molecular formula is C18H23N3O2. The van der Waals surface area contributed by atoms with Crippen LogP contribution in [0.1, 0.15) is 25.8 Å². The number of benzene rings is 1. The van der Waals surface area contributed by atoms with Crippen molar-refractivity contribution in [1.29, 1.82) is 0 Å². The number of primary amides is 1. The Morgan fingerprint density at radius 2 is 2.00 bits per heavy atom. The smallest absolute Gasteiger partial charge is 0.233 e. The average Bonchev–Trinajstić information content (AvgIpc) is 2.56. The van der Waals surface area contributed by atoms with Gasteiger partial charge in [0.15, 0.2) is 0 Å². The molecule has 2 heterocycles. The van der Waals surface area contributed by atoms with Crippen molar-refractivity contribution in [1.82, 2.24) is 4.90 Å². The van der Waals surface area contributed by atoms with Gasteiger partial charge in [-0.15, -0.1) is 0 Å². The van der Waals surface area contributed by atoms with E-state index in [0.29, 0.717) is 19.5 Å². The zero-order valence-corrected chi connectivity index (χ0v) is 13.8. The van der Waals surface area contributed by atoms with Crippen molar-refractivity contribution in [3.05, 3.63) is 35.4 Å². The Balaban J connectivity index is 2.15. The fourth-order valence-corrected chi connectivity index (χ4v) is 3.76. The normalized spacial score (nSPS) is 30.3. The summed E-state index contributed by atoms with van der Waals surface area (Å²) in [6, 6.07) is 7.94. The van der Waals surface area contributed by atoms with Crippen LogP contribution in [-0.2, 0) is 9.59 Å². The number of amides is 2. The number of rotatable bonds is 2. The second-order valence-electron chi connectivity index (χ2n) is 6.91. The van der Waals surface area contributed by atoms with Gasteiger partial charge in [-0.2, -0.15) is 0 Å². The molecule has 5 heteroatoms. The van der Waals surface area contributed by atoms with E-state index < -0.39 is 16.7 Å². The molecule has 2 amide bonds. The molecule has 0 aliphatic carbocycles. The number of nitrogens with two attached hydrogens (primary N) is 1. The van der Waals surface area contributed by atoms with Crippen LogP contribution in [0.4, 0.5) is 5.69 Å². The highest BCUT2D eigenvalue weighted by Crippen LogP contribution is 2.52. The quantitative estimate of drug-likeness (QED) is 0.875. The Kier molecular flexibility index (Phi) is 3.47. The molecule has 2 unspecified atom stereocenters. The van der Waals surface area contributed by atoms with E-state index >= 15 is 0 Å². The lowest BCUT2D eigenvalue weighted by Crippen LogP contribution is -2.62. The van der Waals surface area contributed by atoms with Crippen LogP contribution in [-0.4, -0.2) is 36.9 Å². The maximum atomic E-state index is 13.0. The molecule has 5 nitrogen and oxygen atoms in total. The van der Waals surface area contributed by atoms with E-state index in [0.717, 1.165) is 16.8 Å². The molecule has 1 aromatic carbocycles. The van der Waals surface area contributed by atoms with Crippen molar-refractivity contribution in [3.63, 3.8) is 0 Å². The summed E-state index contributed by atoms with van der Waals surface area (Å²) >= 11 is 0. The lowest BCUT2D eigenvalue weighted by atomic mass is 9.56. The average molecular weight is 313 g/mol. The fourth-order valence-electron chi connectivity index (χ4n) is 3.76. The van der Waals surface area contributed by atoms with E-state index in [2.05, 4.69) is 5.32 Å². The zero-order valence-electron chi connectivity index (χ0n) is 13.8. The number of nitrogens with one attached hydrogen (secondary N) is 1. The van der Waals surface area contributed by atoms with Crippen LogP contribution in [0.5, 0.6) is 0 Å².